The van der Waals surface area contributed by atoms with E-state index in [4.69, 9.17) is 5.26 Å². The summed E-state index contributed by atoms with van der Waals surface area (Å²) in [6.45, 7) is 1.22. The molecule has 0 radical (unpaired) electrons. The molecule has 0 atom stereocenters. The summed E-state index contributed by atoms with van der Waals surface area (Å²) in [6, 6.07) is 8.25. The van der Waals surface area contributed by atoms with E-state index in [0.29, 0.717) is 25.9 Å². The maximum absolute atomic E-state index is 12.1. The molecule has 1 aromatic carbocycles. The normalized spacial score (nSPS) is 17.4. The summed E-state index contributed by atoms with van der Waals surface area (Å²) in [7, 11) is -3.44. The maximum atomic E-state index is 12.1. The number of hydrogen-bond acceptors (Lipinski definition) is 4. The number of rotatable bonds is 3. The van der Waals surface area contributed by atoms with Crippen molar-refractivity contribution in [2.75, 3.05) is 13.1 Å². The van der Waals surface area contributed by atoms with Crippen LogP contribution in [-0.2, 0) is 10.0 Å². The van der Waals surface area contributed by atoms with Gasteiger partial charge in [0.2, 0.25) is 10.0 Å². The van der Waals surface area contributed by atoms with Crippen LogP contribution < -0.4 is 4.72 Å². The van der Waals surface area contributed by atoms with E-state index in [2.05, 4.69) is 10.9 Å². The van der Waals surface area contributed by atoms with Gasteiger partial charge in [0.25, 0.3) is 0 Å². The molecule has 18 heavy (non-hydrogen) atoms. The van der Waals surface area contributed by atoms with Gasteiger partial charge < -0.3 is 4.90 Å². The molecule has 0 saturated carbocycles. The van der Waals surface area contributed by atoms with Gasteiger partial charge in [0.1, 0.15) is 0 Å². The molecule has 0 unspecified atom stereocenters. The average molecular weight is 265 g/mol. The molecule has 2 rings (SSSR count). The molecule has 6 heteroatoms. The summed E-state index contributed by atoms with van der Waals surface area (Å²) in [5.41, 5.74) is 0. The van der Waals surface area contributed by atoms with Crippen LogP contribution in [0.1, 0.15) is 12.8 Å². The number of benzene rings is 1. The fourth-order valence-corrected chi connectivity index (χ4v) is 3.31. The zero-order chi connectivity index (χ0) is 13.0. The monoisotopic (exact) mass is 265 g/mol. The number of piperidine rings is 1. The second-order valence-electron chi connectivity index (χ2n) is 4.30. The lowest BCUT2D eigenvalue weighted by molar-refractivity contribution is 0.285. The van der Waals surface area contributed by atoms with Gasteiger partial charge >= 0.3 is 0 Å². The SMILES string of the molecule is N#CN1CCC(NS(=O)(=O)c2ccccc2)CC1. The van der Waals surface area contributed by atoms with Crippen LogP contribution in [0.5, 0.6) is 0 Å². The predicted molar refractivity (Wildman–Crippen MR) is 67.0 cm³/mol. The van der Waals surface area contributed by atoms with Crippen molar-refractivity contribution in [3.05, 3.63) is 30.3 Å². The number of sulfonamides is 1. The Morgan fingerprint density at radius 2 is 1.83 bits per heavy atom. The zero-order valence-corrected chi connectivity index (χ0v) is 10.7. The van der Waals surface area contributed by atoms with E-state index in [1.165, 1.54) is 0 Å². The van der Waals surface area contributed by atoms with E-state index in [0.717, 1.165) is 0 Å². The quantitative estimate of drug-likeness (QED) is 0.824. The second-order valence-corrected chi connectivity index (χ2v) is 6.01. The van der Waals surface area contributed by atoms with Crippen molar-refractivity contribution in [2.24, 2.45) is 0 Å². The first kappa shape index (κ1) is 12.9. The lowest BCUT2D eigenvalue weighted by atomic mass is 10.1. The molecule has 0 aromatic heterocycles. The van der Waals surface area contributed by atoms with Gasteiger partial charge in [-0.15, -0.1) is 0 Å². The van der Waals surface area contributed by atoms with Crippen molar-refractivity contribution in [3.63, 3.8) is 0 Å². The molecule has 0 bridgehead atoms. The fourth-order valence-electron chi connectivity index (χ4n) is 1.98. The van der Waals surface area contributed by atoms with Crippen LogP contribution in [0.25, 0.3) is 0 Å². The van der Waals surface area contributed by atoms with Crippen molar-refractivity contribution in [1.82, 2.24) is 9.62 Å². The van der Waals surface area contributed by atoms with Crippen molar-refractivity contribution in [2.45, 2.75) is 23.8 Å². The van der Waals surface area contributed by atoms with E-state index >= 15 is 0 Å². The summed E-state index contributed by atoms with van der Waals surface area (Å²) in [5, 5.41) is 8.73. The number of likely N-dealkylation sites (tertiary alicyclic amines) is 1. The summed E-state index contributed by atoms with van der Waals surface area (Å²) in [5.74, 6) is 0. The Hall–Kier alpha value is -1.58. The van der Waals surface area contributed by atoms with Crippen LogP contribution in [0.4, 0.5) is 0 Å². The maximum Gasteiger partial charge on any atom is 0.240 e. The average Bonchev–Trinajstić information content (AvgIpc) is 2.40. The highest BCUT2D eigenvalue weighted by Gasteiger charge is 2.23. The molecule has 5 nitrogen and oxygen atoms in total. The Kier molecular flexibility index (Phi) is 3.84. The minimum Gasteiger partial charge on any atom is -0.311 e. The van der Waals surface area contributed by atoms with E-state index in [-0.39, 0.29) is 10.9 Å². The molecule has 1 fully saturated rings. The van der Waals surface area contributed by atoms with Crippen molar-refractivity contribution in [3.8, 4) is 6.19 Å². The molecule has 1 aliphatic rings. The zero-order valence-electron chi connectivity index (χ0n) is 9.91. The first-order valence-electron chi connectivity index (χ1n) is 5.84. The standard InChI is InChI=1S/C12H15N3O2S/c13-10-15-8-6-11(7-9-15)14-18(16,17)12-4-2-1-3-5-12/h1-5,11,14H,6-9H2. The highest BCUT2D eigenvalue weighted by molar-refractivity contribution is 7.89. The van der Waals surface area contributed by atoms with Gasteiger partial charge in [0.15, 0.2) is 6.19 Å². The molecule has 1 aliphatic heterocycles. The largest absolute Gasteiger partial charge is 0.311 e. The summed E-state index contributed by atoms with van der Waals surface area (Å²) in [6.07, 6.45) is 3.41. The fraction of sp³-hybridized carbons (Fsp3) is 0.417. The predicted octanol–water partition coefficient (Wildman–Crippen LogP) is 0.910. The third-order valence-corrected chi connectivity index (χ3v) is 4.55. The van der Waals surface area contributed by atoms with Crippen LogP contribution in [0, 0.1) is 11.5 Å². The Bertz CT molecular complexity index is 528. The van der Waals surface area contributed by atoms with E-state index in [1.807, 2.05) is 0 Å². The minimum atomic E-state index is -3.44. The first-order chi connectivity index (χ1) is 8.62. The molecule has 0 spiro atoms. The Morgan fingerprint density at radius 3 is 2.39 bits per heavy atom. The topological polar surface area (TPSA) is 73.2 Å². The molecule has 0 aliphatic carbocycles. The molecule has 0 amide bonds. The number of nitriles is 1. The highest BCUT2D eigenvalue weighted by Crippen LogP contribution is 2.14. The Labute approximate surface area is 107 Å². The van der Waals surface area contributed by atoms with E-state index in [9.17, 15) is 8.42 Å². The van der Waals surface area contributed by atoms with Gasteiger partial charge in [-0.2, -0.15) is 5.26 Å². The number of hydrogen-bond donors (Lipinski definition) is 1. The van der Waals surface area contributed by atoms with Gasteiger partial charge in [0.05, 0.1) is 4.90 Å². The molecule has 1 saturated heterocycles. The van der Waals surface area contributed by atoms with Crippen molar-refractivity contribution >= 4 is 10.0 Å². The van der Waals surface area contributed by atoms with E-state index < -0.39 is 10.0 Å². The van der Waals surface area contributed by atoms with E-state index in [1.54, 1.807) is 35.2 Å². The highest BCUT2D eigenvalue weighted by atomic mass is 32.2. The van der Waals surface area contributed by atoms with Crippen molar-refractivity contribution < 1.29 is 8.42 Å². The lowest BCUT2D eigenvalue weighted by Crippen LogP contribution is -2.43. The lowest BCUT2D eigenvalue weighted by Gasteiger charge is -2.28. The van der Waals surface area contributed by atoms with Gasteiger partial charge in [-0.05, 0) is 25.0 Å². The van der Waals surface area contributed by atoms with Crippen LogP contribution in [0.3, 0.4) is 0 Å². The second kappa shape index (κ2) is 5.38. The van der Waals surface area contributed by atoms with Gasteiger partial charge in [0, 0.05) is 19.1 Å². The van der Waals surface area contributed by atoms with Crippen LogP contribution >= 0.6 is 0 Å². The summed E-state index contributed by atoms with van der Waals surface area (Å²) >= 11 is 0. The number of nitrogens with zero attached hydrogens (tertiary/aromatic N) is 2. The molecular weight excluding hydrogens is 250 g/mol. The molecule has 96 valence electrons. The minimum absolute atomic E-state index is 0.0835. The molecule has 1 heterocycles. The Morgan fingerprint density at radius 1 is 1.22 bits per heavy atom. The van der Waals surface area contributed by atoms with Crippen LogP contribution in [0.15, 0.2) is 35.2 Å². The number of nitrogens with one attached hydrogen (secondary N) is 1. The van der Waals surface area contributed by atoms with Crippen molar-refractivity contribution in [1.29, 1.82) is 5.26 Å². The first-order valence-corrected chi connectivity index (χ1v) is 7.32. The molecule has 1 N–H and O–H groups in total. The molecule has 1 aromatic rings. The van der Waals surface area contributed by atoms with Gasteiger partial charge in [-0.1, -0.05) is 18.2 Å². The smallest absolute Gasteiger partial charge is 0.240 e. The summed E-state index contributed by atoms with van der Waals surface area (Å²) in [4.78, 5) is 1.93. The third-order valence-electron chi connectivity index (χ3n) is 3.01. The van der Waals surface area contributed by atoms with Crippen LogP contribution in [0.2, 0.25) is 0 Å². The Balaban J connectivity index is 2.00. The molecular formula is C12H15N3O2S. The van der Waals surface area contributed by atoms with Gasteiger partial charge in [-0.25, -0.2) is 13.1 Å². The van der Waals surface area contributed by atoms with Crippen LogP contribution in [-0.4, -0.2) is 32.4 Å². The van der Waals surface area contributed by atoms with Gasteiger partial charge in [-0.3, -0.25) is 0 Å². The summed E-state index contributed by atoms with van der Waals surface area (Å²) < 4.78 is 26.8. The third kappa shape index (κ3) is 3.00.